The summed E-state index contributed by atoms with van der Waals surface area (Å²) in [5.41, 5.74) is 1.69. The van der Waals surface area contributed by atoms with E-state index in [9.17, 15) is 13.2 Å². The molecule has 0 bridgehead atoms. The Balaban J connectivity index is 1.52. The molecule has 29 heavy (non-hydrogen) atoms. The quantitative estimate of drug-likeness (QED) is 0.796. The zero-order valence-electron chi connectivity index (χ0n) is 16.9. The van der Waals surface area contributed by atoms with E-state index >= 15 is 0 Å². The second-order valence-electron chi connectivity index (χ2n) is 8.08. The number of likely N-dealkylation sites (tertiary alicyclic amines) is 1. The summed E-state index contributed by atoms with van der Waals surface area (Å²) in [6.07, 6.45) is 4.30. The SMILES string of the molecule is CC(C)(C)S(=O)(=O)NC1CCN(C(=O)Nc2cnc(-c3ccccc3)cn2)CC1. The zero-order valence-corrected chi connectivity index (χ0v) is 17.7. The molecular formula is C20H27N5O3S. The number of carbonyl (C=O) groups is 1. The van der Waals surface area contributed by atoms with Gasteiger partial charge in [0.15, 0.2) is 5.82 Å². The minimum Gasteiger partial charge on any atom is -0.324 e. The van der Waals surface area contributed by atoms with Crippen LogP contribution in [0.2, 0.25) is 0 Å². The predicted octanol–water partition coefficient (Wildman–Crippen LogP) is 2.86. The number of nitrogens with zero attached hydrogens (tertiary/aromatic N) is 3. The first-order valence-corrected chi connectivity index (χ1v) is 11.1. The van der Waals surface area contributed by atoms with Crippen LogP contribution in [0.4, 0.5) is 10.6 Å². The number of nitrogens with one attached hydrogen (secondary N) is 2. The number of benzene rings is 1. The Morgan fingerprint density at radius 2 is 1.72 bits per heavy atom. The second kappa shape index (κ2) is 8.46. The molecule has 8 nitrogen and oxygen atoms in total. The van der Waals surface area contributed by atoms with E-state index in [0.29, 0.717) is 31.7 Å². The van der Waals surface area contributed by atoms with Crippen LogP contribution in [0.1, 0.15) is 33.6 Å². The van der Waals surface area contributed by atoms with Crippen molar-refractivity contribution in [2.45, 2.75) is 44.4 Å². The summed E-state index contributed by atoms with van der Waals surface area (Å²) in [5.74, 6) is 0.380. The number of hydrogen-bond acceptors (Lipinski definition) is 5. The minimum atomic E-state index is -3.40. The third kappa shape index (κ3) is 5.30. The van der Waals surface area contributed by atoms with Crippen LogP contribution in [0, 0.1) is 0 Å². The Morgan fingerprint density at radius 1 is 1.07 bits per heavy atom. The molecule has 9 heteroatoms. The second-order valence-corrected chi connectivity index (χ2v) is 10.5. The molecule has 2 aromatic rings. The lowest BCUT2D eigenvalue weighted by Gasteiger charge is -2.33. The van der Waals surface area contributed by atoms with Gasteiger partial charge in [0.1, 0.15) is 0 Å². The number of aromatic nitrogens is 2. The normalized spacial score (nSPS) is 15.9. The van der Waals surface area contributed by atoms with Gasteiger partial charge in [0.25, 0.3) is 0 Å². The lowest BCUT2D eigenvalue weighted by Crippen LogP contribution is -2.50. The molecule has 0 spiro atoms. The van der Waals surface area contributed by atoms with Gasteiger partial charge in [0, 0.05) is 24.7 Å². The van der Waals surface area contributed by atoms with Gasteiger partial charge in [-0.25, -0.2) is 22.9 Å². The van der Waals surface area contributed by atoms with Crippen LogP contribution in [0.15, 0.2) is 42.7 Å². The molecule has 1 aliphatic heterocycles. The maximum absolute atomic E-state index is 12.5. The summed E-state index contributed by atoms with van der Waals surface area (Å²) in [6, 6.07) is 9.26. The van der Waals surface area contributed by atoms with Crippen molar-refractivity contribution in [3.63, 3.8) is 0 Å². The Labute approximate surface area is 171 Å². The van der Waals surface area contributed by atoms with Crippen molar-refractivity contribution in [1.29, 1.82) is 0 Å². The molecule has 1 saturated heterocycles. The summed E-state index contributed by atoms with van der Waals surface area (Å²) in [6.45, 7) is 5.95. The molecule has 0 aliphatic carbocycles. The van der Waals surface area contributed by atoms with Crippen LogP contribution in [0.3, 0.4) is 0 Å². The number of sulfonamides is 1. The highest BCUT2D eigenvalue weighted by molar-refractivity contribution is 7.90. The fourth-order valence-corrected chi connectivity index (χ4v) is 3.96. The van der Waals surface area contributed by atoms with Crippen LogP contribution in [-0.4, -0.2) is 53.2 Å². The number of carbonyl (C=O) groups excluding carboxylic acids is 1. The van der Waals surface area contributed by atoms with Crippen LogP contribution in [0.25, 0.3) is 11.3 Å². The molecule has 1 aromatic heterocycles. The van der Waals surface area contributed by atoms with Crippen molar-refractivity contribution in [2.24, 2.45) is 0 Å². The van der Waals surface area contributed by atoms with Gasteiger partial charge in [-0.2, -0.15) is 0 Å². The summed E-state index contributed by atoms with van der Waals surface area (Å²) in [7, 11) is -3.40. The van der Waals surface area contributed by atoms with E-state index in [4.69, 9.17) is 0 Å². The fourth-order valence-electron chi connectivity index (χ4n) is 2.94. The van der Waals surface area contributed by atoms with E-state index in [0.717, 1.165) is 11.3 Å². The summed E-state index contributed by atoms with van der Waals surface area (Å²) < 4.78 is 26.5. The summed E-state index contributed by atoms with van der Waals surface area (Å²) in [4.78, 5) is 22.8. The molecule has 1 aliphatic rings. The van der Waals surface area contributed by atoms with Crippen molar-refractivity contribution in [3.05, 3.63) is 42.7 Å². The molecule has 2 N–H and O–H groups in total. The number of amides is 2. The Morgan fingerprint density at radius 3 is 2.28 bits per heavy atom. The van der Waals surface area contributed by atoms with Gasteiger partial charge in [-0.15, -0.1) is 0 Å². The molecule has 156 valence electrons. The smallest absolute Gasteiger partial charge is 0.323 e. The predicted molar refractivity (Wildman–Crippen MR) is 113 cm³/mol. The van der Waals surface area contributed by atoms with Gasteiger partial charge < -0.3 is 4.90 Å². The third-order valence-electron chi connectivity index (χ3n) is 4.87. The first kappa shape index (κ1) is 21.2. The molecule has 0 unspecified atom stereocenters. The number of urea groups is 1. The van der Waals surface area contributed by atoms with E-state index in [1.807, 2.05) is 30.3 Å². The van der Waals surface area contributed by atoms with Crippen molar-refractivity contribution in [1.82, 2.24) is 19.6 Å². The average molecular weight is 418 g/mol. The Bertz CT molecular complexity index is 932. The first-order valence-electron chi connectivity index (χ1n) is 9.61. The molecule has 0 saturated carbocycles. The van der Waals surface area contributed by atoms with Crippen LogP contribution in [-0.2, 0) is 10.0 Å². The topological polar surface area (TPSA) is 104 Å². The van der Waals surface area contributed by atoms with E-state index in [2.05, 4.69) is 20.0 Å². The van der Waals surface area contributed by atoms with Gasteiger partial charge in [-0.3, -0.25) is 10.3 Å². The average Bonchev–Trinajstić information content (AvgIpc) is 2.68. The van der Waals surface area contributed by atoms with Crippen molar-refractivity contribution in [2.75, 3.05) is 18.4 Å². The van der Waals surface area contributed by atoms with Gasteiger partial charge in [0.2, 0.25) is 10.0 Å². The van der Waals surface area contributed by atoms with Gasteiger partial charge in [0.05, 0.1) is 22.8 Å². The monoisotopic (exact) mass is 417 g/mol. The standard InChI is InChI=1S/C20H27N5O3S/c1-20(2,3)29(27,28)24-16-9-11-25(12-10-16)19(26)23-18-14-21-17(13-22-18)15-7-5-4-6-8-15/h4-8,13-14,16,24H,9-12H2,1-3H3,(H,22,23,26). The molecule has 3 rings (SSSR count). The van der Waals surface area contributed by atoms with Gasteiger partial charge >= 0.3 is 6.03 Å². The molecule has 2 amide bonds. The van der Waals surface area contributed by atoms with Crippen molar-refractivity contribution in [3.8, 4) is 11.3 Å². The van der Waals surface area contributed by atoms with Crippen molar-refractivity contribution < 1.29 is 13.2 Å². The van der Waals surface area contributed by atoms with Crippen molar-refractivity contribution >= 4 is 21.9 Å². The first-order chi connectivity index (χ1) is 13.7. The lowest BCUT2D eigenvalue weighted by atomic mass is 10.1. The summed E-state index contributed by atoms with van der Waals surface area (Å²) >= 11 is 0. The molecular weight excluding hydrogens is 390 g/mol. The number of anilines is 1. The largest absolute Gasteiger partial charge is 0.324 e. The molecule has 2 heterocycles. The van der Waals surface area contributed by atoms with Crippen LogP contribution < -0.4 is 10.0 Å². The van der Waals surface area contributed by atoms with E-state index in [-0.39, 0.29) is 12.1 Å². The van der Waals surface area contributed by atoms with E-state index in [1.54, 1.807) is 31.9 Å². The highest BCUT2D eigenvalue weighted by Crippen LogP contribution is 2.19. The maximum atomic E-state index is 12.5. The van der Waals surface area contributed by atoms with E-state index in [1.165, 1.54) is 6.20 Å². The van der Waals surface area contributed by atoms with Gasteiger partial charge in [-0.1, -0.05) is 30.3 Å². The fraction of sp³-hybridized carbons (Fsp3) is 0.450. The van der Waals surface area contributed by atoms with E-state index < -0.39 is 14.8 Å². The van der Waals surface area contributed by atoms with Gasteiger partial charge in [-0.05, 0) is 33.6 Å². The molecule has 0 radical (unpaired) electrons. The minimum absolute atomic E-state index is 0.159. The number of hydrogen-bond donors (Lipinski definition) is 2. The van der Waals surface area contributed by atoms with Crippen LogP contribution in [0.5, 0.6) is 0 Å². The summed E-state index contributed by atoms with van der Waals surface area (Å²) in [5, 5.41) is 2.75. The molecule has 0 atom stereocenters. The zero-order chi connectivity index (χ0) is 21.1. The highest BCUT2D eigenvalue weighted by Gasteiger charge is 2.33. The lowest BCUT2D eigenvalue weighted by molar-refractivity contribution is 0.192. The Kier molecular flexibility index (Phi) is 6.18. The molecule has 1 aromatic carbocycles. The number of piperidine rings is 1. The van der Waals surface area contributed by atoms with Crippen LogP contribution >= 0.6 is 0 Å². The Hall–Kier alpha value is -2.52. The highest BCUT2D eigenvalue weighted by atomic mass is 32.2. The maximum Gasteiger partial charge on any atom is 0.323 e. The number of rotatable bonds is 4. The molecule has 1 fully saturated rings. The third-order valence-corrected chi connectivity index (χ3v) is 7.12.